The number of halogens is 1. The average molecular weight is 280 g/mol. The van der Waals surface area contributed by atoms with Crippen LogP contribution in [0.15, 0.2) is 24.7 Å². The van der Waals surface area contributed by atoms with E-state index in [9.17, 15) is 4.79 Å². The zero-order valence-corrected chi connectivity index (χ0v) is 11.1. The van der Waals surface area contributed by atoms with E-state index < -0.39 is 0 Å². The molecule has 2 aromatic rings. The summed E-state index contributed by atoms with van der Waals surface area (Å²) in [5, 5.41) is 3.12. The summed E-state index contributed by atoms with van der Waals surface area (Å²) in [5.74, 6) is 0.652. The van der Waals surface area contributed by atoms with Gasteiger partial charge in [-0.25, -0.2) is 9.97 Å². The number of carbonyl (C=O) groups excluding carboxylic acids is 1. The maximum absolute atomic E-state index is 12.1. The van der Waals surface area contributed by atoms with Crippen molar-refractivity contribution in [1.29, 1.82) is 0 Å². The maximum Gasteiger partial charge on any atom is 0.253 e. The lowest BCUT2D eigenvalue weighted by Gasteiger charge is -2.14. The molecule has 1 amide bonds. The van der Waals surface area contributed by atoms with E-state index in [4.69, 9.17) is 17.3 Å². The molecule has 100 valence electrons. The van der Waals surface area contributed by atoms with Gasteiger partial charge in [-0.1, -0.05) is 18.5 Å². The first-order chi connectivity index (χ1) is 9.11. The minimum atomic E-state index is -0.266. The third-order valence-electron chi connectivity index (χ3n) is 2.69. The SMILES string of the molecule is CCC(NC(=O)c1cnc(N)c(Cl)c1)c1ncc[nH]1. The highest BCUT2D eigenvalue weighted by Gasteiger charge is 2.16. The van der Waals surface area contributed by atoms with Gasteiger partial charge in [-0.15, -0.1) is 0 Å². The number of aromatic amines is 1. The maximum atomic E-state index is 12.1. The minimum Gasteiger partial charge on any atom is -0.382 e. The highest BCUT2D eigenvalue weighted by atomic mass is 35.5. The number of hydrogen-bond acceptors (Lipinski definition) is 4. The van der Waals surface area contributed by atoms with Gasteiger partial charge in [0.05, 0.1) is 16.6 Å². The smallest absolute Gasteiger partial charge is 0.253 e. The summed E-state index contributed by atoms with van der Waals surface area (Å²) in [5.41, 5.74) is 5.87. The van der Waals surface area contributed by atoms with Gasteiger partial charge in [0.1, 0.15) is 11.6 Å². The Morgan fingerprint density at radius 2 is 2.37 bits per heavy atom. The van der Waals surface area contributed by atoms with Gasteiger partial charge in [0.25, 0.3) is 5.91 Å². The molecule has 19 heavy (non-hydrogen) atoms. The number of nitrogens with zero attached hydrogens (tertiary/aromatic N) is 2. The van der Waals surface area contributed by atoms with E-state index in [1.165, 1.54) is 12.3 Å². The number of imidazole rings is 1. The number of pyridine rings is 1. The molecule has 0 bridgehead atoms. The van der Waals surface area contributed by atoms with Crippen LogP contribution in [0.4, 0.5) is 5.82 Å². The summed E-state index contributed by atoms with van der Waals surface area (Å²) in [7, 11) is 0. The Hall–Kier alpha value is -2.08. The minimum absolute atomic E-state index is 0.182. The summed E-state index contributed by atoms with van der Waals surface area (Å²) in [4.78, 5) is 23.0. The molecule has 0 saturated carbocycles. The number of nitrogen functional groups attached to an aromatic ring is 1. The Kier molecular flexibility index (Phi) is 4.01. The largest absolute Gasteiger partial charge is 0.382 e. The molecule has 0 radical (unpaired) electrons. The fraction of sp³-hybridized carbons (Fsp3) is 0.250. The van der Waals surface area contributed by atoms with Crippen LogP contribution in [0.25, 0.3) is 0 Å². The van der Waals surface area contributed by atoms with Crippen molar-refractivity contribution >= 4 is 23.3 Å². The molecule has 0 aliphatic heterocycles. The molecule has 0 aliphatic carbocycles. The van der Waals surface area contributed by atoms with Crippen molar-refractivity contribution in [3.8, 4) is 0 Å². The summed E-state index contributed by atoms with van der Waals surface area (Å²) in [6.45, 7) is 1.96. The van der Waals surface area contributed by atoms with Gasteiger partial charge in [-0.05, 0) is 12.5 Å². The van der Waals surface area contributed by atoms with Crippen molar-refractivity contribution in [2.45, 2.75) is 19.4 Å². The van der Waals surface area contributed by atoms with E-state index in [0.29, 0.717) is 11.4 Å². The second-order valence-corrected chi connectivity index (χ2v) is 4.41. The van der Waals surface area contributed by atoms with Crippen molar-refractivity contribution in [1.82, 2.24) is 20.3 Å². The number of rotatable bonds is 4. The average Bonchev–Trinajstić information content (AvgIpc) is 2.92. The molecule has 7 heteroatoms. The molecule has 0 saturated heterocycles. The molecular weight excluding hydrogens is 266 g/mol. The van der Waals surface area contributed by atoms with E-state index in [2.05, 4.69) is 20.3 Å². The second kappa shape index (κ2) is 5.71. The number of aromatic nitrogens is 3. The quantitative estimate of drug-likeness (QED) is 0.796. The fourth-order valence-corrected chi connectivity index (χ4v) is 1.81. The second-order valence-electron chi connectivity index (χ2n) is 4.00. The number of amides is 1. The van der Waals surface area contributed by atoms with E-state index in [-0.39, 0.29) is 22.8 Å². The van der Waals surface area contributed by atoms with Gasteiger partial charge in [0.2, 0.25) is 0 Å². The molecule has 2 aromatic heterocycles. The predicted octanol–water partition coefficient (Wildman–Crippen LogP) is 1.92. The molecule has 2 rings (SSSR count). The van der Waals surface area contributed by atoms with Crippen LogP contribution in [0.3, 0.4) is 0 Å². The van der Waals surface area contributed by atoms with Crippen LogP contribution in [0.5, 0.6) is 0 Å². The molecule has 1 unspecified atom stereocenters. The van der Waals surface area contributed by atoms with Gasteiger partial charge < -0.3 is 16.0 Å². The van der Waals surface area contributed by atoms with Gasteiger partial charge in [-0.2, -0.15) is 0 Å². The van der Waals surface area contributed by atoms with Crippen LogP contribution >= 0.6 is 11.6 Å². The lowest BCUT2D eigenvalue weighted by molar-refractivity contribution is 0.0933. The predicted molar refractivity (Wildman–Crippen MR) is 72.7 cm³/mol. The normalized spacial score (nSPS) is 12.1. The summed E-state index contributed by atoms with van der Waals surface area (Å²) in [6.07, 6.45) is 5.47. The Bertz CT molecular complexity index is 570. The van der Waals surface area contributed by atoms with Crippen molar-refractivity contribution < 1.29 is 4.79 Å². The first-order valence-electron chi connectivity index (χ1n) is 5.83. The standard InChI is InChI=1S/C12H14ClN5O/c1-2-9(11-15-3-4-16-11)18-12(19)7-5-8(13)10(14)17-6-7/h3-6,9H,2H2,1H3,(H2,14,17)(H,15,16)(H,18,19). The first kappa shape index (κ1) is 13.4. The van der Waals surface area contributed by atoms with Crippen molar-refractivity contribution in [2.24, 2.45) is 0 Å². The summed E-state index contributed by atoms with van der Waals surface area (Å²) >= 11 is 5.84. The van der Waals surface area contributed by atoms with E-state index in [1.807, 2.05) is 6.92 Å². The molecule has 0 aliphatic rings. The van der Waals surface area contributed by atoms with Crippen LogP contribution in [0, 0.1) is 0 Å². The number of nitrogens with two attached hydrogens (primary N) is 1. The number of hydrogen-bond donors (Lipinski definition) is 3. The van der Waals surface area contributed by atoms with Crippen LogP contribution in [0.2, 0.25) is 5.02 Å². The molecule has 0 fully saturated rings. The van der Waals surface area contributed by atoms with Crippen molar-refractivity contribution in [3.05, 3.63) is 41.1 Å². The highest BCUT2D eigenvalue weighted by molar-refractivity contribution is 6.33. The number of H-pyrrole nitrogens is 1. The van der Waals surface area contributed by atoms with Gasteiger partial charge in [0, 0.05) is 18.6 Å². The first-order valence-corrected chi connectivity index (χ1v) is 6.20. The monoisotopic (exact) mass is 279 g/mol. The van der Waals surface area contributed by atoms with Crippen molar-refractivity contribution in [2.75, 3.05) is 5.73 Å². The third kappa shape index (κ3) is 3.03. The van der Waals surface area contributed by atoms with Crippen molar-refractivity contribution in [3.63, 3.8) is 0 Å². The number of carbonyl (C=O) groups is 1. The van der Waals surface area contributed by atoms with E-state index in [0.717, 1.165) is 6.42 Å². The lowest BCUT2D eigenvalue weighted by Crippen LogP contribution is -2.29. The molecule has 0 aromatic carbocycles. The topological polar surface area (TPSA) is 96.7 Å². The molecular formula is C12H14ClN5O. The third-order valence-corrected chi connectivity index (χ3v) is 3.00. The van der Waals surface area contributed by atoms with E-state index in [1.54, 1.807) is 12.4 Å². The highest BCUT2D eigenvalue weighted by Crippen LogP contribution is 2.18. The number of anilines is 1. The molecule has 0 spiro atoms. The van der Waals surface area contributed by atoms with Crippen LogP contribution in [0.1, 0.15) is 35.6 Å². The van der Waals surface area contributed by atoms with Gasteiger partial charge in [-0.3, -0.25) is 4.79 Å². The van der Waals surface area contributed by atoms with E-state index >= 15 is 0 Å². The zero-order valence-electron chi connectivity index (χ0n) is 10.4. The van der Waals surface area contributed by atoms with Crippen LogP contribution in [-0.2, 0) is 0 Å². The Morgan fingerprint density at radius 3 is 2.95 bits per heavy atom. The fourth-order valence-electron chi connectivity index (χ4n) is 1.65. The Morgan fingerprint density at radius 1 is 1.58 bits per heavy atom. The van der Waals surface area contributed by atoms with Gasteiger partial charge >= 0.3 is 0 Å². The van der Waals surface area contributed by atoms with Crippen LogP contribution < -0.4 is 11.1 Å². The molecule has 2 heterocycles. The molecule has 6 nitrogen and oxygen atoms in total. The Balaban J connectivity index is 2.13. The van der Waals surface area contributed by atoms with Crippen LogP contribution in [-0.4, -0.2) is 20.9 Å². The van der Waals surface area contributed by atoms with Gasteiger partial charge in [0.15, 0.2) is 0 Å². The lowest BCUT2D eigenvalue weighted by atomic mass is 10.2. The summed E-state index contributed by atoms with van der Waals surface area (Å²) in [6, 6.07) is 1.31. The number of nitrogens with one attached hydrogen (secondary N) is 2. The zero-order chi connectivity index (χ0) is 13.8. The molecule has 4 N–H and O–H groups in total. The Labute approximate surface area is 115 Å². The summed E-state index contributed by atoms with van der Waals surface area (Å²) < 4.78 is 0. The molecule has 1 atom stereocenters.